The molecular weight excluding hydrogens is 306 g/mol. The van der Waals surface area contributed by atoms with Crippen molar-refractivity contribution >= 4 is 12.0 Å². The zero-order valence-electron chi connectivity index (χ0n) is 14.2. The highest BCUT2D eigenvalue weighted by molar-refractivity contribution is 5.91. The molecule has 2 aromatic rings. The summed E-state index contributed by atoms with van der Waals surface area (Å²) in [5.41, 5.74) is -1.25. The molecule has 1 fully saturated rings. The summed E-state index contributed by atoms with van der Waals surface area (Å²) in [4.78, 5) is 11.9. The molecule has 3 rings (SSSR count). The first-order valence-electron chi connectivity index (χ1n) is 8.20. The Labute approximate surface area is 141 Å². The Bertz CT molecular complexity index is 753. The molecule has 2 aromatic heterocycles. The first kappa shape index (κ1) is 16.6. The van der Waals surface area contributed by atoms with E-state index in [4.69, 9.17) is 8.83 Å². The van der Waals surface area contributed by atoms with Gasteiger partial charge in [-0.15, -0.1) is 0 Å². The molecule has 3 unspecified atom stereocenters. The van der Waals surface area contributed by atoms with Crippen LogP contribution in [0.15, 0.2) is 39.2 Å². The number of nitrogens with one attached hydrogen (secondary N) is 1. The minimum Gasteiger partial charge on any atom is -0.463 e. The third-order valence-corrected chi connectivity index (χ3v) is 4.40. The van der Waals surface area contributed by atoms with Gasteiger partial charge in [-0.05, 0) is 56.5 Å². The fourth-order valence-corrected chi connectivity index (χ4v) is 2.66. The lowest BCUT2D eigenvalue weighted by Crippen LogP contribution is -2.37. The van der Waals surface area contributed by atoms with Crippen LogP contribution in [0.2, 0.25) is 0 Å². The number of hydrogen-bond donors (Lipinski definition) is 2. The molecule has 3 atom stereocenters. The van der Waals surface area contributed by atoms with Crippen LogP contribution in [0, 0.1) is 12.8 Å². The van der Waals surface area contributed by atoms with Gasteiger partial charge in [-0.1, -0.05) is 6.92 Å². The van der Waals surface area contributed by atoms with Gasteiger partial charge in [0, 0.05) is 12.0 Å². The van der Waals surface area contributed by atoms with E-state index in [1.165, 1.54) is 12.5 Å². The van der Waals surface area contributed by atoms with Crippen LogP contribution in [0.5, 0.6) is 0 Å². The maximum atomic E-state index is 11.9. The highest BCUT2D eigenvalue weighted by Gasteiger charge is 2.36. The van der Waals surface area contributed by atoms with E-state index < -0.39 is 5.60 Å². The number of furan rings is 2. The van der Waals surface area contributed by atoms with Crippen molar-refractivity contribution in [1.29, 1.82) is 0 Å². The van der Waals surface area contributed by atoms with Gasteiger partial charge < -0.3 is 19.3 Å². The van der Waals surface area contributed by atoms with Crippen molar-refractivity contribution < 1.29 is 18.7 Å². The van der Waals surface area contributed by atoms with Crippen molar-refractivity contribution in [3.8, 4) is 0 Å². The zero-order chi connectivity index (χ0) is 17.3. The molecule has 0 bridgehead atoms. The summed E-state index contributed by atoms with van der Waals surface area (Å²) in [6.07, 6.45) is 4.21. The molecule has 2 heterocycles. The Balaban J connectivity index is 1.52. The van der Waals surface area contributed by atoms with E-state index in [2.05, 4.69) is 12.2 Å². The SMILES string of the molecule is Cc1ccc(C(C)(O)CNC(=O)C=Cc2ccc(C3CC3C)o2)o1. The smallest absolute Gasteiger partial charge is 0.244 e. The van der Waals surface area contributed by atoms with Gasteiger partial charge in [0.2, 0.25) is 5.91 Å². The van der Waals surface area contributed by atoms with Gasteiger partial charge in [0.05, 0.1) is 6.54 Å². The Morgan fingerprint density at radius 2 is 2.12 bits per heavy atom. The Morgan fingerprint density at radius 1 is 1.38 bits per heavy atom. The number of carbonyl (C=O) groups is 1. The van der Waals surface area contributed by atoms with Gasteiger partial charge in [-0.2, -0.15) is 0 Å². The number of hydrogen-bond acceptors (Lipinski definition) is 4. The van der Waals surface area contributed by atoms with Gasteiger partial charge >= 0.3 is 0 Å². The highest BCUT2D eigenvalue weighted by Crippen LogP contribution is 2.47. The van der Waals surface area contributed by atoms with Gasteiger partial charge in [-0.25, -0.2) is 0 Å². The van der Waals surface area contributed by atoms with Crippen molar-refractivity contribution in [1.82, 2.24) is 5.32 Å². The maximum absolute atomic E-state index is 11.9. The summed E-state index contributed by atoms with van der Waals surface area (Å²) in [5.74, 6) is 3.70. The van der Waals surface area contributed by atoms with Gasteiger partial charge in [0.15, 0.2) is 0 Å². The largest absolute Gasteiger partial charge is 0.463 e. The van der Waals surface area contributed by atoms with Crippen LogP contribution in [-0.4, -0.2) is 17.6 Å². The Kier molecular flexibility index (Phi) is 4.37. The van der Waals surface area contributed by atoms with Crippen molar-refractivity contribution in [2.24, 2.45) is 5.92 Å². The normalized spacial score (nSPS) is 22.5. The molecule has 128 valence electrons. The monoisotopic (exact) mass is 329 g/mol. The summed E-state index contributed by atoms with van der Waals surface area (Å²) in [7, 11) is 0. The van der Waals surface area contributed by atoms with Crippen LogP contribution in [0.1, 0.15) is 49.2 Å². The zero-order valence-corrected chi connectivity index (χ0v) is 14.2. The standard InChI is InChI=1S/C19H23NO4/c1-12-10-15(12)16-7-5-14(24-16)6-9-18(21)20-11-19(3,22)17-8-4-13(2)23-17/h4-9,12,15,22H,10-11H2,1-3H3,(H,20,21). The third kappa shape index (κ3) is 3.79. The Hall–Kier alpha value is -2.27. The van der Waals surface area contributed by atoms with E-state index in [1.54, 1.807) is 32.1 Å². The van der Waals surface area contributed by atoms with Crippen LogP contribution < -0.4 is 5.32 Å². The first-order valence-corrected chi connectivity index (χ1v) is 8.20. The number of rotatable bonds is 6. The first-order chi connectivity index (χ1) is 11.3. The fourth-order valence-electron chi connectivity index (χ4n) is 2.66. The van der Waals surface area contributed by atoms with Crippen LogP contribution in [0.3, 0.4) is 0 Å². The quantitative estimate of drug-likeness (QED) is 0.797. The molecule has 1 aliphatic rings. The van der Waals surface area contributed by atoms with E-state index in [0.29, 0.717) is 23.4 Å². The molecule has 0 saturated heterocycles. The van der Waals surface area contributed by atoms with E-state index >= 15 is 0 Å². The summed E-state index contributed by atoms with van der Waals surface area (Å²) >= 11 is 0. The molecule has 5 heteroatoms. The third-order valence-electron chi connectivity index (χ3n) is 4.40. The van der Waals surface area contributed by atoms with Crippen LogP contribution in [0.25, 0.3) is 6.08 Å². The molecular formula is C19H23NO4. The molecule has 1 aliphatic carbocycles. The molecule has 0 spiro atoms. The van der Waals surface area contributed by atoms with Crippen LogP contribution >= 0.6 is 0 Å². The number of carbonyl (C=O) groups excluding carboxylic acids is 1. The second kappa shape index (κ2) is 6.32. The topological polar surface area (TPSA) is 75.6 Å². The summed E-state index contributed by atoms with van der Waals surface area (Å²) in [6.45, 7) is 5.67. The average Bonchev–Trinajstić information content (AvgIpc) is 2.94. The van der Waals surface area contributed by atoms with Crippen molar-refractivity contribution in [2.45, 2.75) is 38.7 Å². The second-order valence-corrected chi connectivity index (χ2v) is 6.79. The van der Waals surface area contributed by atoms with Crippen molar-refractivity contribution in [2.75, 3.05) is 6.54 Å². The maximum Gasteiger partial charge on any atom is 0.244 e. The predicted octanol–water partition coefficient (Wildman–Crippen LogP) is 3.34. The molecule has 24 heavy (non-hydrogen) atoms. The molecule has 0 radical (unpaired) electrons. The van der Waals surface area contributed by atoms with E-state index in [-0.39, 0.29) is 12.5 Å². The summed E-state index contributed by atoms with van der Waals surface area (Å²) in [5, 5.41) is 13.1. The average molecular weight is 329 g/mol. The van der Waals surface area contributed by atoms with Crippen LogP contribution in [-0.2, 0) is 10.4 Å². The van der Waals surface area contributed by atoms with Crippen LogP contribution in [0.4, 0.5) is 0 Å². The van der Waals surface area contributed by atoms with Gasteiger partial charge in [0.1, 0.15) is 28.6 Å². The van der Waals surface area contributed by atoms with Gasteiger partial charge in [-0.3, -0.25) is 4.79 Å². The molecule has 0 aliphatic heterocycles. The molecule has 5 nitrogen and oxygen atoms in total. The molecule has 1 amide bonds. The van der Waals surface area contributed by atoms with Crippen molar-refractivity contribution in [3.05, 3.63) is 53.4 Å². The van der Waals surface area contributed by atoms with Gasteiger partial charge in [0.25, 0.3) is 0 Å². The molecule has 2 N–H and O–H groups in total. The lowest BCUT2D eigenvalue weighted by molar-refractivity contribution is -0.117. The van der Waals surface area contributed by atoms with E-state index in [1.807, 2.05) is 12.1 Å². The fraction of sp³-hybridized carbons (Fsp3) is 0.421. The van der Waals surface area contributed by atoms with Crippen molar-refractivity contribution in [3.63, 3.8) is 0 Å². The number of amides is 1. The highest BCUT2D eigenvalue weighted by atomic mass is 16.4. The lowest BCUT2D eigenvalue weighted by Gasteiger charge is -2.20. The number of aryl methyl sites for hydroxylation is 1. The predicted molar refractivity (Wildman–Crippen MR) is 90.3 cm³/mol. The molecule has 1 saturated carbocycles. The lowest BCUT2D eigenvalue weighted by atomic mass is 10.0. The van der Waals surface area contributed by atoms with E-state index in [9.17, 15) is 9.90 Å². The minimum absolute atomic E-state index is 0.0616. The Morgan fingerprint density at radius 3 is 2.75 bits per heavy atom. The van der Waals surface area contributed by atoms with E-state index in [0.717, 1.165) is 11.5 Å². The summed E-state index contributed by atoms with van der Waals surface area (Å²) < 4.78 is 11.1. The minimum atomic E-state index is -1.25. The number of aliphatic hydroxyl groups is 1. The summed E-state index contributed by atoms with van der Waals surface area (Å²) in [6, 6.07) is 7.32. The second-order valence-electron chi connectivity index (χ2n) is 6.79. The molecule has 0 aromatic carbocycles.